The first-order chi connectivity index (χ1) is 26.6. The van der Waals surface area contributed by atoms with Gasteiger partial charge in [0.1, 0.15) is 0 Å². The van der Waals surface area contributed by atoms with Gasteiger partial charge in [0.2, 0.25) is 0 Å². The molecule has 304 valence electrons. The molecule has 0 saturated carbocycles. The average Bonchev–Trinajstić information content (AvgIpc) is 3.17. The molecule has 0 fully saturated rings. The number of rotatable bonds is 33. The van der Waals surface area contributed by atoms with Crippen molar-refractivity contribution < 1.29 is 19.1 Å². The molecule has 0 spiro atoms. The monoisotopic (exact) mass is 745 g/mol. The fourth-order valence-corrected chi connectivity index (χ4v) is 5.08. The molecule has 0 aromatic heterocycles. The predicted octanol–water partition coefficient (Wildman–Crippen LogP) is 15.1. The van der Waals surface area contributed by atoms with Gasteiger partial charge in [-0.05, 0) is 123 Å². The molecule has 0 aliphatic carbocycles. The summed E-state index contributed by atoms with van der Waals surface area (Å²) in [5, 5.41) is 0. The smallest absolute Gasteiger partial charge is 0.308 e. The zero-order valence-corrected chi connectivity index (χ0v) is 35.3. The Morgan fingerprint density at radius 3 is 1.11 bits per heavy atom. The molecule has 0 aliphatic heterocycles. The van der Waals surface area contributed by atoms with Crippen molar-refractivity contribution in [2.45, 2.75) is 163 Å². The maximum absolute atomic E-state index is 11.7. The molecule has 4 heteroatoms. The summed E-state index contributed by atoms with van der Waals surface area (Å²) in [5.41, 5.74) is 0. The van der Waals surface area contributed by atoms with Crippen molar-refractivity contribution in [1.82, 2.24) is 0 Å². The number of ether oxygens (including phenoxy) is 2. The van der Waals surface area contributed by atoms with E-state index in [4.69, 9.17) is 9.47 Å². The quantitative estimate of drug-likeness (QED) is 0.0381. The summed E-state index contributed by atoms with van der Waals surface area (Å²) >= 11 is 0. The number of carbonyl (C=O) groups is 2. The molecular formula is C50H80O4. The minimum atomic E-state index is -0.0672. The maximum Gasteiger partial charge on any atom is 0.308 e. The molecule has 0 N–H and O–H groups in total. The Kier molecular flexibility index (Phi) is 46.0. The SMILES string of the molecule is CC/C=C\C/C=C\C/C=C\C/C=C\C/C=C\CCCCC(CC)C(=O)OCC.CC/C=C\C/C=C\C/C=C\C/C=C\C/C=C\CCCCCC(=O)OCC. The van der Waals surface area contributed by atoms with Gasteiger partial charge in [-0.15, -0.1) is 0 Å². The van der Waals surface area contributed by atoms with Gasteiger partial charge in [-0.2, -0.15) is 0 Å². The van der Waals surface area contributed by atoms with Gasteiger partial charge >= 0.3 is 11.9 Å². The van der Waals surface area contributed by atoms with E-state index in [2.05, 4.69) is 142 Å². The van der Waals surface area contributed by atoms with E-state index in [-0.39, 0.29) is 17.9 Å². The third kappa shape index (κ3) is 44.5. The summed E-state index contributed by atoms with van der Waals surface area (Å²) < 4.78 is 10.0. The van der Waals surface area contributed by atoms with Crippen molar-refractivity contribution in [1.29, 1.82) is 0 Å². The molecule has 1 unspecified atom stereocenters. The summed E-state index contributed by atoms with van der Waals surface area (Å²) in [6.07, 6.45) is 64.7. The zero-order valence-electron chi connectivity index (χ0n) is 35.3. The molecule has 0 aliphatic rings. The lowest BCUT2D eigenvalue weighted by Gasteiger charge is -2.12. The molecule has 0 aromatic carbocycles. The molecule has 0 amide bonds. The van der Waals surface area contributed by atoms with Crippen LogP contribution >= 0.6 is 0 Å². The van der Waals surface area contributed by atoms with Crippen molar-refractivity contribution in [3.05, 3.63) is 122 Å². The van der Waals surface area contributed by atoms with Crippen LogP contribution in [0.2, 0.25) is 0 Å². The highest BCUT2D eigenvalue weighted by molar-refractivity contribution is 5.72. The first-order valence-corrected chi connectivity index (χ1v) is 21.4. The van der Waals surface area contributed by atoms with E-state index in [1.807, 2.05) is 13.8 Å². The van der Waals surface area contributed by atoms with Gasteiger partial charge in [-0.1, -0.05) is 155 Å². The van der Waals surface area contributed by atoms with E-state index in [1.165, 1.54) is 0 Å². The van der Waals surface area contributed by atoms with Crippen molar-refractivity contribution >= 4 is 11.9 Å². The molecule has 0 rings (SSSR count). The van der Waals surface area contributed by atoms with E-state index in [9.17, 15) is 9.59 Å². The Labute approximate surface area is 333 Å². The van der Waals surface area contributed by atoms with Crippen LogP contribution in [0.15, 0.2) is 122 Å². The highest BCUT2D eigenvalue weighted by Crippen LogP contribution is 2.15. The normalized spacial score (nSPS) is 13.1. The van der Waals surface area contributed by atoms with Gasteiger partial charge in [0, 0.05) is 6.42 Å². The highest BCUT2D eigenvalue weighted by Gasteiger charge is 2.16. The molecule has 0 heterocycles. The lowest BCUT2D eigenvalue weighted by molar-refractivity contribution is -0.148. The largest absolute Gasteiger partial charge is 0.466 e. The van der Waals surface area contributed by atoms with Gasteiger partial charge in [0.15, 0.2) is 0 Å². The Hall–Kier alpha value is -3.66. The van der Waals surface area contributed by atoms with Crippen LogP contribution in [-0.4, -0.2) is 25.2 Å². The number of unbranched alkanes of at least 4 members (excludes halogenated alkanes) is 5. The molecular weight excluding hydrogens is 665 g/mol. The molecule has 54 heavy (non-hydrogen) atoms. The molecule has 0 aromatic rings. The van der Waals surface area contributed by atoms with Gasteiger partial charge in [0.25, 0.3) is 0 Å². The van der Waals surface area contributed by atoms with Crippen molar-refractivity contribution in [3.8, 4) is 0 Å². The van der Waals surface area contributed by atoms with Crippen LogP contribution in [0.4, 0.5) is 0 Å². The molecule has 0 radical (unpaired) electrons. The van der Waals surface area contributed by atoms with Crippen LogP contribution in [0.25, 0.3) is 0 Å². The highest BCUT2D eigenvalue weighted by atomic mass is 16.5. The summed E-state index contributed by atoms with van der Waals surface area (Å²) in [7, 11) is 0. The van der Waals surface area contributed by atoms with E-state index in [0.717, 1.165) is 122 Å². The number of hydrogen-bond donors (Lipinski definition) is 0. The third-order valence-corrected chi connectivity index (χ3v) is 8.16. The topological polar surface area (TPSA) is 52.6 Å². The van der Waals surface area contributed by atoms with Gasteiger partial charge in [0.05, 0.1) is 19.1 Å². The number of hydrogen-bond acceptors (Lipinski definition) is 4. The van der Waals surface area contributed by atoms with Crippen LogP contribution in [0.1, 0.15) is 163 Å². The second-order valence-electron chi connectivity index (χ2n) is 13.0. The number of carbonyl (C=O) groups excluding carboxylic acids is 2. The van der Waals surface area contributed by atoms with Crippen LogP contribution in [0.3, 0.4) is 0 Å². The Bertz CT molecular complexity index is 1130. The summed E-state index contributed by atoms with van der Waals surface area (Å²) in [4.78, 5) is 22.9. The predicted molar refractivity (Wildman–Crippen MR) is 238 cm³/mol. The van der Waals surface area contributed by atoms with Gasteiger partial charge in [-0.25, -0.2) is 0 Å². The molecule has 1 atom stereocenters. The lowest BCUT2D eigenvalue weighted by atomic mass is 9.98. The lowest BCUT2D eigenvalue weighted by Crippen LogP contribution is -2.16. The fourth-order valence-electron chi connectivity index (χ4n) is 5.08. The summed E-state index contributed by atoms with van der Waals surface area (Å²) in [5.74, 6) is -0.0180. The van der Waals surface area contributed by atoms with E-state index < -0.39 is 0 Å². The Morgan fingerprint density at radius 2 is 0.759 bits per heavy atom. The Morgan fingerprint density at radius 1 is 0.407 bits per heavy atom. The Balaban J connectivity index is 0. The summed E-state index contributed by atoms with van der Waals surface area (Å²) in [6, 6.07) is 0. The van der Waals surface area contributed by atoms with Crippen LogP contribution in [0, 0.1) is 5.92 Å². The van der Waals surface area contributed by atoms with Crippen LogP contribution < -0.4 is 0 Å². The van der Waals surface area contributed by atoms with Gasteiger partial charge < -0.3 is 9.47 Å². The van der Waals surface area contributed by atoms with E-state index in [0.29, 0.717) is 19.6 Å². The molecule has 4 nitrogen and oxygen atoms in total. The fraction of sp³-hybridized carbons (Fsp3) is 0.560. The van der Waals surface area contributed by atoms with E-state index in [1.54, 1.807) is 0 Å². The second-order valence-corrected chi connectivity index (χ2v) is 13.0. The maximum atomic E-state index is 11.7. The number of allylic oxidation sites excluding steroid dienone is 20. The minimum absolute atomic E-state index is 0.0279. The number of esters is 2. The first-order valence-electron chi connectivity index (χ1n) is 21.4. The molecule has 0 bridgehead atoms. The van der Waals surface area contributed by atoms with Crippen LogP contribution in [0.5, 0.6) is 0 Å². The van der Waals surface area contributed by atoms with Gasteiger partial charge in [-0.3, -0.25) is 9.59 Å². The van der Waals surface area contributed by atoms with E-state index >= 15 is 0 Å². The van der Waals surface area contributed by atoms with Crippen LogP contribution in [-0.2, 0) is 19.1 Å². The third-order valence-electron chi connectivity index (χ3n) is 8.16. The summed E-state index contributed by atoms with van der Waals surface area (Å²) in [6.45, 7) is 11.1. The second kappa shape index (κ2) is 47.4. The average molecular weight is 745 g/mol. The minimum Gasteiger partial charge on any atom is -0.466 e. The van der Waals surface area contributed by atoms with Crippen molar-refractivity contribution in [2.24, 2.45) is 5.92 Å². The zero-order chi connectivity index (χ0) is 39.8. The van der Waals surface area contributed by atoms with Crippen molar-refractivity contribution in [3.63, 3.8) is 0 Å². The standard InChI is InChI=1S/C26H42O2.C24H38O2/c1-4-7-8-9-10-11-12-13-14-15-16-17-18-19-20-21-22-23-24-25(5-2)26(27)28-6-3;1-3-5-6-7-8-9-10-11-12-13-14-15-16-17-18-19-20-21-22-23-24(25)26-4-2/h7-8,10-11,13-14,16-17,19-20,25H,4-6,9,12,15,18,21-24H2,1-3H3;5-6,8-9,11-12,14-15,17-18H,3-4,7,10,13,16,19-23H2,1-2H3/b8-7-,11-10-,14-13-,17-16-,20-19-;6-5-,9-8-,12-11-,15-14-,18-17-. The molecule has 0 saturated heterocycles. The first kappa shape index (κ1) is 52.4. The van der Waals surface area contributed by atoms with Crippen molar-refractivity contribution in [2.75, 3.05) is 13.2 Å².